The summed E-state index contributed by atoms with van der Waals surface area (Å²) in [6.45, 7) is 13.8. The largest absolute Gasteiger partial charge is 0.462 e. The lowest BCUT2D eigenvalue weighted by molar-refractivity contribution is -0.140. The minimum atomic E-state index is -0.320. The molecule has 166 valence electrons. The van der Waals surface area contributed by atoms with E-state index in [0.29, 0.717) is 11.9 Å². The number of unbranched alkanes of at least 4 members (excludes halogenated alkanes) is 6. The molecule has 0 aliphatic rings. The van der Waals surface area contributed by atoms with E-state index in [-0.39, 0.29) is 5.60 Å². The Morgan fingerprint density at radius 1 is 0.724 bits per heavy atom. The van der Waals surface area contributed by atoms with Gasteiger partial charge in [0.05, 0.1) is 0 Å². The molecule has 1 rings (SSSR count). The van der Waals surface area contributed by atoms with Crippen LogP contribution in [0.1, 0.15) is 116 Å². The van der Waals surface area contributed by atoms with Crippen LogP contribution in [0.4, 0.5) is 0 Å². The molecule has 2 heteroatoms. The summed E-state index contributed by atoms with van der Waals surface area (Å²) in [4.78, 5) is 10.5. The van der Waals surface area contributed by atoms with Crippen LogP contribution in [0.2, 0.25) is 0 Å². The third-order valence-corrected chi connectivity index (χ3v) is 5.70. The number of ether oxygens (including phenoxy) is 1. The number of hydrogen-bond acceptors (Lipinski definition) is 2. The highest BCUT2D eigenvalue weighted by Gasteiger charge is 2.17. The number of aryl methyl sites for hydroxylation is 3. The van der Waals surface area contributed by atoms with Gasteiger partial charge in [0.15, 0.2) is 0 Å². The van der Waals surface area contributed by atoms with Crippen LogP contribution >= 0.6 is 0 Å². The van der Waals surface area contributed by atoms with Crippen LogP contribution in [0, 0.1) is 12.3 Å². The highest BCUT2D eigenvalue weighted by Crippen LogP contribution is 2.23. The second kappa shape index (κ2) is 13.1. The van der Waals surface area contributed by atoms with E-state index in [9.17, 15) is 4.79 Å². The molecule has 0 bridgehead atoms. The van der Waals surface area contributed by atoms with Gasteiger partial charge in [-0.15, -0.1) is 0 Å². The first kappa shape index (κ1) is 25.7. The number of carbonyl (C=O) groups excluding carboxylic acids is 1. The van der Waals surface area contributed by atoms with Crippen molar-refractivity contribution in [3.8, 4) is 0 Å². The molecule has 2 nitrogen and oxygen atoms in total. The first-order valence-electron chi connectivity index (χ1n) is 11.8. The summed E-state index contributed by atoms with van der Waals surface area (Å²) in [5, 5.41) is 0. The SMILES string of the molecule is Cc1cc(CCCCCCC(C)(C)C)cc(CCCCCCC(C)(C)OC=O)c1. The van der Waals surface area contributed by atoms with Crippen LogP contribution in [0.3, 0.4) is 0 Å². The van der Waals surface area contributed by atoms with Gasteiger partial charge in [-0.05, 0) is 82.3 Å². The van der Waals surface area contributed by atoms with Gasteiger partial charge in [0.25, 0.3) is 6.47 Å². The van der Waals surface area contributed by atoms with Gasteiger partial charge in [-0.2, -0.15) is 0 Å². The van der Waals surface area contributed by atoms with E-state index in [2.05, 4.69) is 45.9 Å². The van der Waals surface area contributed by atoms with Crippen LogP contribution in [0.5, 0.6) is 0 Å². The molecule has 0 aromatic heterocycles. The van der Waals surface area contributed by atoms with Crippen molar-refractivity contribution in [3.63, 3.8) is 0 Å². The fourth-order valence-electron chi connectivity index (χ4n) is 4.00. The second-order valence-electron chi connectivity index (χ2n) is 10.7. The van der Waals surface area contributed by atoms with E-state index in [1.165, 1.54) is 80.9 Å². The van der Waals surface area contributed by atoms with E-state index in [1.54, 1.807) is 0 Å². The van der Waals surface area contributed by atoms with Crippen LogP contribution in [0.15, 0.2) is 18.2 Å². The van der Waals surface area contributed by atoms with Crippen LogP contribution in [-0.2, 0) is 22.4 Å². The smallest absolute Gasteiger partial charge is 0.293 e. The van der Waals surface area contributed by atoms with Gasteiger partial charge in [-0.1, -0.05) is 76.6 Å². The van der Waals surface area contributed by atoms with Gasteiger partial charge < -0.3 is 4.74 Å². The Morgan fingerprint density at radius 3 is 1.69 bits per heavy atom. The summed E-state index contributed by atoms with van der Waals surface area (Å²) in [7, 11) is 0. The average molecular weight is 403 g/mol. The predicted octanol–water partition coefficient (Wildman–Crippen LogP) is 7.98. The standard InChI is InChI=1S/C27H46O2/c1-23-19-24(15-11-7-9-13-17-26(2,3)4)21-25(20-23)16-12-8-10-14-18-27(5,6)29-22-28/h19-22H,7-18H2,1-6H3. The molecule has 0 saturated heterocycles. The Balaban J connectivity index is 2.25. The third-order valence-electron chi connectivity index (χ3n) is 5.70. The number of carbonyl (C=O) groups is 1. The predicted molar refractivity (Wildman–Crippen MR) is 125 cm³/mol. The molecule has 1 aromatic rings. The zero-order valence-electron chi connectivity index (χ0n) is 20.1. The highest BCUT2D eigenvalue weighted by atomic mass is 16.5. The highest BCUT2D eigenvalue weighted by molar-refractivity contribution is 5.38. The van der Waals surface area contributed by atoms with Gasteiger partial charge in [-0.3, -0.25) is 4.79 Å². The molecule has 0 atom stereocenters. The molecule has 0 radical (unpaired) electrons. The zero-order valence-corrected chi connectivity index (χ0v) is 20.1. The Bertz CT molecular complexity index is 581. The van der Waals surface area contributed by atoms with Gasteiger partial charge in [-0.25, -0.2) is 0 Å². The Morgan fingerprint density at radius 2 is 1.21 bits per heavy atom. The van der Waals surface area contributed by atoms with Crippen molar-refractivity contribution in [3.05, 3.63) is 34.9 Å². The van der Waals surface area contributed by atoms with E-state index < -0.39 is 0 Å². The number of benzene rings is 1. The molecule has 1 aromatic carbocycles. The van der Waals surface area contributed by atoms with Crippen molar-refractivity contribution < 1.29 is 9.53 Å². The quantitative estimate of drug-likeness (QED) is 0.219. The minimum absolute atomic E-state index is 0.320. The average Bonchev–Trinajstić information content (AvgIpc) is 2.59. The lowest BCUT2D eigenvalue weighted by Gasteiger charge is -2.22. The van der Waals surface area contributed by atoms with Gasteiger partial charge in [0, 0.05) is 0 Å². The second-order valence-corrected chi connectivity index (χ2v) is 10.7. The van der Waals surface area contributed by atoms with E-state index >= 15 is 0 Å². The van der Waals surface area contributed by atoms with E-state index in [1.807, 2.05) is 13.8 Å². The lowest BCUT2D eigenvalue weighted by Crippen LogP contribution is -2.23. The Kier molecular flexibility index (Phi) is 11.6. The molecule has 0 fully saturated rings. The van der Waals surface area contributed by atoms with Gasteiger partial charge in [0.1, 0.15) is 5.60 Å². The van der Waals surface area contributed by atoms with Gasteiger partial charge in [0.2, 0.25) is 0 Å². The minimum Gasteiger partial charge on any atom is -0.462 e. The van der Waals surface area contributed by atoms with E-state index in [4.69, 9.17) is 4.74 Å². The Labute approximate surface area is 180 Å². The summed E-state index contributed by atoms with van der Waals surface area (Å²) in [6.07, 6.45) is 14.9. The summed E-state index contributed by atoms with van der Waals surface area (Å²) >= 11 is 0. The molecular weight excluding hydrogens is 356 g/mol. The topological polar surface area (TPSA) is 26.3 Å². The van der Waals surface area contributed by atoms with Crippen LogP contribution in [-0.4, -0.2) is 12.1 Å². The molecule has 0 amide bonds. The zero-order chi connectivity index (χ0) is 21.8. The molecular formula is C27H46O2. The maximum Gasteiger partial charge on any atom is 0.293 e. The molecule has 0 saturated carbocycles. The van der Waals surface area contributed by atoms with Crippen LogP contribution in [0.25, 0.3) is 0 Å². The van der Waals surface area contributed by atoms with Crippen molar-refractivity contribution in [1.82, 2.24) is 0 Å². The van der Waals surface area contributed by atoms with Crippen molar-refractivity contribution >= 4 is 6.47 Å². The number of hydrogen-bond donors (Lipinski definition) is 0. The third kappa shape index (κ3) is 13.5. The first-order chi connectivity index (χ1) is 13.6. The normalized spacial score (nSPS) is 12.2. The molecule has 29 heavy (non-hydrogen) atoms. The Hall–Kier alpha value is -1.31. The van der Waals surface area contributed by atoms with Gasteiger partial charge >= 0.3 is 0 Å². The lowest BCUT2D eigenvalue weighted by atomic mass is 9.89. The number of rotatable bonds is 15. The molecule has 0 aliphatic heterocycles. The molecule has 0 unspecified atom stereocenters. The fraction of sp³-hybridized carbons (Fsp3) is 0.741. The summed E-state index contributed by atoms with van der Waals surface area (Å²) in [5.74, 6) is 0. The summed E-state index contributed by atoms with van der Waals surface area (Å²) in [6, 6.07) is 7.16. The van der Waals surface area contributed by atoms with Crippen molar-refractivity contribution in [1.29, 1.82) is 0 Å². The molecule has 0 N–H and O–H groups in total. The van der Waals surface area contributed by atoms with E-state index in [0.717, 1.165) is 12.8 Å². The summed E-state index contributed by atoms with van der Waals surface area (Å²) < 4.78 is 5.12. The first-order valence-corrected chi connectivity index (χ1v) is 11.8. The summed E-state index contributed by atoms with van der Waals surface area (Å²) in [5.41, 5.74) is 4.57. The fourth-order valence-corrected chi connectivity index (χ4v) is 4.00. The van der Waals surface area contributed by atoms with Crippen molar-refractivity contribution in [2.24, 2.45) is 5.41 Å². The maximum absolute atomic E-state index is 10.5. The monoisotopic (exact) mass is 402 g/mol. The maximum atomic E-state index is 10.5. The van der Waals surface area contributed by atoms with Crippen LogP contribution < -0.4 is 0 Å². The molecule has 0 heterocycles. The molecule has 0 spiro atoms. The van der Waals surface area contributed by atoms with Crippen molar-refractivity contribution in [2.75, 3.05) is 0 Å². The van der Waals surface area contributed by atoms with Crippen molar-refractivity contribution in [2.45, 2.75) is 124 Å². The molecule has 0 aliphatic carbocycles.